The van der Waals surface area contributed by atoms with Gasteiger partial charge in [-0.25, -0.2) is 13.2 Å². The van der Waals surface area contributed by atoms with Gasteiger partial charge in [0.1, 0.15) is 0 Å². The van der Waals surface area contributed by atoms with E-state index >= 15 is 0 Å². The van der Waals surface area contributed by atoms with Crippen molar-refractivity contribution in [2.45, 2.75) is 70.6 Å². The molecule has 1 aliphatic rings. The zero-order valence-corrected chi connectivity index (χ0v) is 14.7. The first-order chi connectivity index (χ1) is 11.6. The van der Waals surface area contributed by atoms with Gasteiger partial charge in [-0.3, -0.25) is 0 Å². The summed E-state index contributed by atoms with van der Waals surface area (Å²) in [5.74, 6) is -2.34. The van der Waals surface area contributed by atoms with Gasteiger partial charge in [0.15, 0.2) is 17.5 Å². The minimum Gasteiger partial charge on any atom is -0.204 e. The van der Waals surface area contributed by atoms with Crippen molar-refractivity contribution in [1.29, 1.82) is 0 Å². The third-order valence-electron chi connectivity index (χ3n) is 5.53. The van der Waals surface area contributed by atoms with E-state index in [4.69, 9.17) is 0 Å². The zero-order valence-electron chi connectivity index (χ0n) is 14.7. The normalized spacial score (nSPS) is 22.3. The highest BCUT2D eigenvalue weighted by Gasteiger charge is 2.29. The molecule has 0 heterocycles. The fourth-order valence-electron chi connectivity index (χ4n) is 4.13. The molecular weight excluding hydrogens is 309 g/mol. The Labute approximate surface area is 144 Å². The van der Waals surface area contributed by atoms with Gasteiger partial charge >= 0.3 is 0 Å². The molecule has 0 aliphatic heterocycles. The minimum atomic E-state index is -1.38. The van der Waals surface area contributed by atoms with Crippen molar-refractivity contribution >= 4 is 0 Å². The molecule has 0 amide bonds. The molecule has 3 heteroatoms. The van der Waals surface area contributed by atoms with E-state index in [1.165, 1.54) is 50.7 Å². The van der Waals surface area contributed by atoms with Crippen LogP contribution in [0.25, 0.3) is 0 Å². The van der Waals surface area contributed by atoms with Gasteiger partial charge in [-0.2, -0.15) is 0 Å². The molecule has 1 unspecified atom stereocenters. The van der Waals surface area contributed by atoms with Crippen LogP contribution in [0.2, 0.25) is 0 Å². The minimum absolute atomic E-state index is 0.0312. The fraction of sp³-hybridized carbons (Fsp3) is 0.619. The predicted molar refractivity (Wildman–Crippen MR) is 93.5 cm³/mol. The summed E-state index contributed by atoms with van der Waals surface area (Å²) in [4.78, 5) is 0. The average molecular weight is 338 g/mol. The first kappa shape index (κ1) is 19.1. The number of allylic oxidation sites excluding steroid dienone is 1. The number of benzene rings is 1. The van der Waals surface area contributed by atoms with E-state index in [0.717, 1.165) is 18.8 Å². The Hall–Kier alpha value is -1.25. The van der Waals surface area contributed by atoms with Gasteiger partial charge in [-0.05, 0) is 54.7 Å². The number of halogens is 3. The molecule has 134 valence electrons. The Kier molecular flexibility index (Phi) is 7.39. The Bertz CT molecular complexity index is 507. The summed E-state index contributed by atoms with van der Waals surface area (Å²) in [7, 11) is 0. The molecule has 1 aromatic rings. The number of hydrogen-bond acceptors (Lipinski definition) is 0. The van der Waals surface area contributed by atoms with E-state index in [1.54, 1.807) is 6.08 Å². The molecule has 0 spiro atoms. The van der Waals surface area contributed by atoms with Crippen molar-refractivity contribution in [1.82, 2.24) is 0 Å². The number of hydrogen-bond donors (Lipinski definition) is 0. The molecule has 1 aliphatic carbocycles. The third-order valence-corrected chi connectivity index (χ3v) is 5.53. The molecule has 1 fully saturated rings. The second-order valence-corrected chi connectivity index (χ2v) is 7.21. The lowest BCUT2D eigenvalue weighted by Crippen LogP contribution is -2.21. The van der Waals surface area contributed by atoms with Crippen molar-refractivity contribution in [2.24, 2.45) is 11.8 Å². The topological polar surface area (TPSA) is 0 Å². The maximum absolute atomic E-state index is 13.6. The van der Waals surface area contributed by atoms with Crippen LogP contribution in [0.5, 0.6) is 0 Å². The van der Waals surface area contributed by atoms with Crippen LogP contribution in [0.4, 0.5) is 13.2 Å². The van der Waals surface area contributed by atoms with Gasteiger partial charge in [0.2, 0.25) is 0 Å². The van der Waals surface area contributed by atoms with Gasteiger partial charge in [0.25, 0.3) is 0 Å². The number of unbranched alkanes of at least 4 members (excludes halogenated alkanes) is 2. The Balaban J connectivity index is 2.03. The Morgan fingerprint density at radius 2 is 1.71 bits per heavy atom. The van der Waals surface area contributed by atoms with Crippen LogP contribution >= 0.6 is 0 Å². The molecule has 0 aromatic heterocycles. The predicted octanol–water partition coefficient (Wildman–Crippen LogP) is 7.15. The lowest BCUT2D eigenvalue weighted by molar-refractivity contribution is 0.229. The first-order valence-electron chi connectivity index (χ1n) is 9.32. The van der Waals surface area contributed by atoms with Gasteiger partial charge in [0, 0.05) is 0 Å². The van der Waals surface area contributed by atoms with Gasteiger partial charge in [0.05, 0.1) is 0 Å². The van der Waals surface area contributed by atoms with E-state index < -0.39 is 17.5 Å². The standard InChI is InChI=1S/C21H29F3/c1-3-5-6-8-15-9-11-16(12-10-15)18(7-4-2)17-13-19(22)21(24)20(23)14-17/h4,13-16,18H,2-3,5-12H2,1H3/t15-,16-,18?. The molecule has 1 saturated carbocycles. The highest BCUT2D eigenvalue weighted by Crippen LogP contribution is 2.42. The second kappa shape index (κ2) is 9.29. The largest absolute Gasteiger partial charge is 0.204 e. The fourth-order valence-corrected chi connectivity index (χ4v) is 4.13. The molecule has 0 N–H and O–H groups in total. The van der Waals surface area contributed by atoms with Gasteiger partial charge in [-0.1, -0.05) is 51.5 Å². The van der Waals surface area contributed by atoms with Crippen molar-refractivity contribution in [3.8, 4) is 0 Å². The monoisotopic (exact) mass is 338 g/mol. The van der Waals surface area contributed by atoms with Crippen LogP contribution in [0.15, 0.2) is 24.8 Å². The molecule has 1 atom stereocenters. The smallest absolute Gasteiger partial charge is 0.194 e. The van der Waals surface area contributed by atoms with Gasteiger partial charge < -0.3 is 0 Å². The third kappa shape index (κ3) is 4.87. The van der Waals surface area contributed by atoms with Gasteiger partial charge in [-0.15, -0.1) is 6.58 Å². The summed E-state index contributed by atoms with van der Waals surface area (Å²) in [6, 6.07) is 2.33. The molecule has 0 saturated heterocycles. The van der Waals surface area contributed by atoms with Crippen LogP contribution in [0.1, 0.15) is 76.2 Å². The summed E-state index contributed by atoms with van der Waals surface area (Å²) in [6.07, 6.45) is 12.2. The van der Waals surface area contributed by atoms with E-state index in [-0.39, 0.29) is 5.92 Å². The maximum Gasteiger partial charge on any atom is 0.194 e. The Morgan fingerprint density at radius 3 is 2.25 bits per heavy atom. The Morgan fingerprint density at radius 1 is 1.08 bits per heavy atom. The van der Waals surface area contributed by atoms with Crippen LogP contribution < -0.4 is 0 Å². The van der Waals surface area contributed by atoms with E-state index in [9.17, 15) is 13.2 Å². The molecule has 0 bridgehead atoms. The summed E-state index contributed by atoms with van der Waals surface area (Å²) in [6.45, 7) is 6.01. The lowest BCUT2D eigenvalue weighted by atomic mass is 9.71. The van der Waals surface area contributed by atoms with Crippen LogP contribution in [0, 0.1) is 29.3 Å². The molecule has 1 aromatic carbocycles. The van der Waals surface area contributed by atoms with E-state index in [2.05, 4.69) is 13.5 Å². The van der Waals surface area contributed by atoms with Crippen molar-refractivity contribution in [3.63, 3.8) is 0 Å². The summed E-state index contributed by atoms with van der Waals surface area (Å²) < 4.78 is 40.4. The van der Waals surface area contributed by atoms with Crippen LogP contribution in [-0.2, 0) is 0 Å². The second-order valence-electron chi connectivity index (χ2n) is 7.21. The molecular formula is C21H29F3. The number of rotatable bonds is 8. The summed E-state index contributed by atoms with van der Waals surface area (Å²) in [5, 5.41) is 0. The molecule has 0 nitrogen and oxygen atoms in total. The average Bonchev–Trinajstić information content (AvgIpc) is 2.58. The molecule has 24 heavy (non-hydrogen) atoms. The quantitative estimate of drug-likeness (QED) is 0.268. The zero-order chi connectivity index (χ0) is 17.5. The maximum atomic E-state index is 13.6. The highest BCUT2D eigenvalue weighted by molar-refractivity contribution is 5.24. The first-order valence-corrected chi connectivity index (χ1v) is 9.32. The van der Waals surface area contributed by atoms with Crippen LogP contribution in [0.3, 0.4) is 0 Å². The summed E-state index contributed by atoms with van der Waals surface area (Å²) >= 11 is 0. The lowest BCUT2D eigenvalue weighted by Gasteiger charge is -2.34. The highest BCUT2D eigenvalue weighted by atomic mass is 19.2. The van der Waals surface area contributed by atoms with E-state index in [1.807, 2.05) is 0 Å². The molecule has 2 rings (SSSR count). The van der Waals surface area contributed by atoms with Crippen molar-refractivity contribution < 1.29 is 13.2 Å². The molecule has 0 radical (unpaired) electrons. The van der Waals surface area contributed by atoms with Crippen molar-refractivity contribution in [3.05, 3.63) is 47.8 Å². The van der Waals surface area contributed by atoms with Crippen LogP contribution in [-0.4, -0.2) is 0 Å². The SMILES string of the molecule is C=CCC(c1cc(F)c(F)c(F)c1)[C@H]1CC[C@H](CCCCC)CC1. The van der Waals surface area contributed by atoms with Crippen molar-refractivity contribution in [2.75, 3.05) is 0 Å². The van der Waals surface area contributed by atoms with E-state index in [0.29, 0.717) is 17.9 Å². The summed E-state index contributed by atoms with van der Waals surface area (Å²) in [5.41, 5.74) is 0.570.